The highest BCUT2D eigenvalue weighted by molar-refractivity contribution is 7.48. The predicted molar refractivity (Wildman–Crippen MR) is 134 cm³/mol. The third-order valence-corrected chi connectivity index (χ3v) is 8.34. The Morgan fingerprint density at radius 1 is 1.31 bits per heavy atom. The average molecular weight is 561 g/mol. The summed E-state index contributed by atoms with van der Waals surface area (Å²) in [4.78, 5) is 25.0. The Kier molecular flexibility index (Phi) is 6.47. The molecule has 0 spiro atoms. The molecule has 3 fully saturated rings. The summed E-state index contributed by atoms with van der Waals surface area (Å²) in [5.41, 5.74) is 7.21. The number of benzene rings is 1. The molecule has 0 radical (unpaired) electrons. The van der Waals surface area contributed by atoms with E-state index in [2.05, 4.69) is 15.0 Å². The van der Waals surface area contributed by atoms with Crippen LogP contribution < -0.4 is 10.5 Å². The number of carbonyl (C=O) groups is 1. The number of phosphoric acid groups is 1. The number of anilines is 1. The number of nitrogens with two attached hydrogens (primary N) is 1. The fraction of sp³-hybridized carbons (Fsp3) is 0.500. The number of hydrogen-bond acceptors (Lipinski definition) is 13. The number of carbonyl (C=O) groups excluding carboxylic acids is 1. The van der Waals surface area contributed by atoms with Crippen LogP contribution >= 0.6 is 7.82 Å². The number of rotatable bonds is 7. The smallest absolute Gasteiger partial charge is 0.476 e. The van der Waals surface area contributed by atoms with Crippen molar-refractivity contribution in [1.29, 1.82) is 0 Å². The van der Waals surface area contributed by atoms with Crippen LogP contribution in [0.1, 0.15) is 43.7 Å². The zero-order chi connectivity index (χ0) is 27.4. The molecule has 39 heavy (non-hydrogen) atoms. The zero-order valence-corrected chi connectivity index (χ0v) is 22.4. The van der Waals surface area contributed by atoms with Gasteiger partial charge in [0.1, 0.15) is 6.10 Å². The molecule has 3 aliphatic rings. The van der Waals surface area contributed by atoms with E-state index in [9.17, 15) is 9.36 Å². The Morgan fingerprint density at radius 2 is 2.15 bits per heavy atom. The van der Waals surface area contributed by atoms with Crippen LogP contribution in [0.2, 0.25) is 0 Å². The van der Waals surface area contributed by atoms with Crippen molar-refractivity contribution >= 4 is 31.1 Å². The lowest BCUT2D eigenvalue weighted by atomic mass is 9.96. The van der Waals surface area contributed by atoms with Crippen LogP contribution in [0.4, 0.5) is 10.7 Å². The Balaban J connectivity index is 1.24. The normalized spacial score (nSPS) is 32.1. The minimum absolute atomic E-state index is 0.0280. The zero-order valence-electron chi connectivity index (χ0n) is 21.5. The SMILES string of the molecule is CCOc1nc(N)nc2c1ncn2[C@@H]1O[C@H](CO[P@@]2(=O)OCC[C@@H](c3cccc(C)c3)O2)[C@H]2OC(=O)O[C@]21C. The summed E-state index contributed by atoms with van der Waals surface area (Å²) in [6.07, 6.45) is -2.06. The largest absolute Gasteiger partial charge is 0.509 e. The quantitative estimate of drug-likeness (QED) is 0.328. The van der Waals surface area contributed by atoms with Crippen molar-refractivity contribution in [1.82, 2.24) is 19.5 Å². The van der Waals surface area contributed by atoms with E-state index in [4.69, 9.17) is 38.3 Å². The Hall–Kier alpha value is -3.29. The highest BCUT2D eigenvalue weighted by Gasteiger charge is 2.64. The fourth-order valence-electron chi connectivity index (χ4n) is 5.12. The van der Waals surface area contributed by atoms with E-state index in [1.54, 1.807) is 18.4 Å². The van der Waals surface area contributed by atoms with Crippen LogP contribution in [0.15, 0.2) is 30.6 Å². The van der Waals surface area contributed by atoms with E-state index in [-0.39, 0.29) is 25.0 Å². The lowest BCUT2D eigenvalue weighted by Gasteiger charge is -2.30. The van der Waals surface area contributed by atoms with E-state index in [1.807, 2.05) is 31.2 Å². The van der Waals surface area contributed by atoms with Gasteiger partial charge in [-0.2, -0.15) is 9.97 Å². The topological polar surface area (TPSA) is 168 Å². The predicted octanol–water partition coefficient (Wildman–Crippen LogP) is 3.61. The molecule has 2 N–H and O–H groups in total. The van der Waals surface area contributed by atoms with Gasteiger partial charge in [0.25, 0.3) is 0 Å². The van der Waals surface area contributed by atoms with Gasteiger partial charge < -0.3 is 24.7 Å². The first kappa shape index (κ1) is 26.0. The van der Waals surface area contributed by atoms with Crippen LogP contribution in [0, 0.1) is 6.92 Å². The molecule has 3 aliphatic heterocycles. The van der Waals surface area contributed by atoms with Crippen molar-refractivity contribution in [2.45, 2.75) is 57.3 Å². The number of ether oxygens (including phenoxy) is 4. The lowest BCUT2D eigenvalue weighted by Crippen LogP contribution is -2.42. The van der Waals surface area contributed by atoms with Crippen molar-refractivity contribution in [3.05, 3.63) is 41.7 Å². The molecular weight excluding hydrogens is 533 g/mol. The van der Waals surface area contributed by atoms with E-state index < -0.39 is 44.1 Å². The average Bonchev–Trinajstić information content (AvgIpc) is 3.52. The number of hydrogen-bond donors (Lipinski definition) is 1. The summed E-state index contributed by atoms with van der Waals surface area (Å²) in [6.45, 7) is 5.71. The first-order valence-corrected chi connectivity index (χ1v) is 14.0. The maximum absolute atomic E-state index is 13.4. The minimum atomic E-state index is -3.95. The second kappa shape index (κ2) is 9.72. The number of fused-ring (bicyclic) bond motifs is 2. The molecule has 0 amide bonds. The minimum Gasteiger partial charge on any atom is -0.476 e. The molecule has 2 aromatic heterocycles. The van der Waals surface area contributed by atoms with Crippen molar-refractivity contribution < 1.29 is 41.9 Å². The molecule has 3 saturated heterocycles. The summed E-state index contributed by atoms with van der Waals surface area (Å²) in [6, 6.07) is 7.75. The van der Waals surface area contributed by atoms with Gasteiger partial charge in [0.05, 0.1) is 32.3 Å². The summed E-state index contributed by atoms with van der Waals surface area (Å²) >= 11 is 0. The van der Waals surface area contributed by atoms with Gasteiger partial charge in [-0.05, 0) is 26.3 Å². The first-order valence-electron chi connectivity index (χ1n) is 12.5. The fourth-order valence-corrected chi connectivity index (χ4v) is 6.51. The standard InChI is InChI=1S/C24H28N5O9P/c1-4-32-20-17-19(27-22(25)28-20)29(12-26-17)21-24(3)18(36-23(30)37-24)16(35-21)11-34-39(31)33-9-8-15(38-39)14-7-5-6-13(2)10-14/h5-7,10,12,15-16,18,21H,4,8-9,11H2,1-3H3,(H2,25,27,28)/t15-,16+,18+,21+,24+,39+/m0/s1. The number of phosphoric ester groups is 1. The third-order valence-electron chi connectivity index (χ3n) is 6.86. The van der Waals surface area contributed by atoms with Crippen LogP contribution in [0.5, 0.6) is 5.88 Å². The monoisotopic (exact) mass is 561 g/mol. The van der Waals surface area contributed by atoms with Crippen LogP contribution in [0.3, 0.4) is 0 Å². The maximum atomic E-state index is 13.4. The molecule has 208 valence electrons. The van der Waals surface area contributed by atoms with E-state index in [0.29, 0.717) is 24.2 Å². The molecule has 1 aromatic carbocycles. The van der Waals surface area contributed by atoms with E-state index in [1.165, 1.54) is 6.33 Å². The molecule has 15 heteroatoms. The van der Waals surface area contributed by atoms with Crippen molar-refractivity contribution in [2.24, 2.45) is 0 Å². The van der Waals surface area contributed by atoms with Crippen LogP contribution in [0.25, 0.3) is 11.2 Å². The highest BCUT2D eigenvalue weighted by atomic mass is 31.2. The number of aromatic nitrogens is 4. The molecule has 0 unspecified atom stereocenters. The van der Waals surface area contributed by atoms with E-state index >= 15 is 0 Å². The summed E-state index contributed by atoms with van der Waals surface area (Å²) in [7, 11) is -3.95. The van der Waals surface area contributed by atoms with Crippen molar-refractivity contribution in [3.63, 3.8) is 0 Å². The van der Waals surface area contributed by atoms with Gasteiger partial charge in [0.2, 0.25) is 11.8 Å². The molecular formula is C24H28N5O9P. The van der Waals surface area contributed by atoms with Gasteiger partial charge in [-0.15, -0.1) is 0 Å². The Morgan fingerprint density at radius 3 is 2.95 bits per heavy atom. The van der Waals surface area contributed by atoms with Gasteiger partial charge in [-0.25, -0.2) is 14.3 Å². The van der Waals surface area contributed by atoms with E-state index in [0.717, 1.165) is 11.1 Å². The van der Waals surface area contributed by atoms with Crippen molar-refractivity contribution in [3.8, 4) is 5.88 Å². The summed E-state index contributed by atoms with van der Waals surface area (Å²) in [5, 5.41) is 0. The lowest BCUT2D eigenvalue weighted by molar-refractivity contribution is -0.0925. The second-order valence-electron chi connectivity index (χ2n) is 9.62. The van der Waals surface area contributed by atoms with Gasteiger partial charge in [0.15, 0.2) is 29.1 Å². The number of aryl methyl sites for hydroxylation is 1. The third kappa shape index (κ3) is 4.61. The maximum Gasteiger partial charge on any atom is 0.509 e. The number of nitrogens with zero attached hydrogens (tertiary/aromatic N) is 4. The molecule has 6 rings (SSSR count). The summed E-state index contributed by atoms with van der Waals surface area (Å²) < 4.78 is 54.7. The van der Waals surface area contributed by atoms with Gasteiger partial charge in [-0.1, -0.05) is 29.8 Å². The van der Waals surface area contributed by atoms with Crippen LogP contribution in [-0.2, 0) is 32.3 Å². The molecule has 0 aliphatic carbocycles. The summed E-state index contributed by atoms with van der Waals surface area (Å²) in [5.74, 6) is 0.186. The number of imidazole rings is 1. The molecule has 5 heterocycles. The molecule has 0 saturated carbocycles. The van der Waals surface area contributed by atoms with Gasteiger partial charge in [-0.3, -0.25) is 18.1 Å². The Labute approximate surface area is 223 Å². The van der Waals surface area contributed by atoms with Crippen molar-refractivity contribution in [2.75, 3.05) is 25.6 Å². The first-order chi connectivity index (χ1) is 18.7. The molecule has 0 bridgehead atoms. The molecule has 14 nitrogen and oxygen atoms in total. The number of nitrogen functional groups attached to an aromatic ring is 1. The van der Waals surface area contributed by atoms with Gasteiger partial charge in [0, 0.05) is 6.42 Å². The second-order valence-corrected chi connectivity index (χ2v) is 11.2. The molecule has 3 aromatic rings. The molecule has 6 atom stereocenters. The highest BCUT2D eigenvalue weighted by Crippen LogP contribution is 2.58. The van der Waals surface area contributed by atoms with Crippen LogP contribution in [-0.4, -0.2) is 63.3 Å². The van der Waals surface area contributed by atoms with Gasteiger partial charge >= 0.3 is 14.0 Å². The Bertz CT molecular complexity index is 1470.